The van der Waals surface area contributed by atoms with Crippen molar-refractivity contribution in [3.05, 3.63) is 29.8 Å². The van der Waals surface area contributed by atoms with E-state index in [1.807, 2.05) is 4.90 Å². The van der Waals surface area contributed by atoms with E-state index in [1.165, 1.54) is 12.1 Å². The van der Waals surface area contributed by atoms with Crippen molar-refractivity contribution in [3.63, 3.8) is 0 Å². The Balaban J connectivity index is 0.00000392. The fourth-order valence-electron chi connectivity index (χ4n) is 2.71. The normalized spacial score (nSPS) is 18.9. The Morgan fingerprint density at radius 1 is 1.29 bits per heavy atom. The van der Waals surface area contributed by atoms with Gasteiger partial charge in [0, 0.05) is 26.7 Å². The van der Waals surface area contributed by atoms with Gasteiger partial charge in [-0.3, -0.25) is 4.99 Å². The monoisotopic (exact) mass is 535 g/mol. The molecule has 1 fully saturated rings. The number of nitrogens with one attached hydrogen (secondary N) is 1. The van der Waals surface area contributed by atoms with Crippen LogP contribution < -0.4 is 10.1 Å². The first kappa shape index (κ1) is 24.8. The molecule has 0 atom stereocenters. The molecule has 0 unspecified atom stereocenters. The maximum atomic E-state index is 12.2. The number of hydrogen-bond acceptors (Lipinski definition) is 4. The van der Waals surface area contributed by atoms with E-state index < -0.39 is 27.4 Å². The van der Waals surface area contributed by atoms with Crippen LogP contribution in [0.25, 0.3) is 0 Å². The summed E-state index contributed by atoms with van der Waals surface area (Å²) in [5.74, 6) is 0.783. The predicted molar refractivity (Wildman–Crippen MR) is 113 cm³/mol. The fourth-order valence-corrected chi connectivity index (χ4v) is 4.07. The van der Waals surface area contributed by atoms with E-state index in [-0.39, 0.29) is 35.5 Å². The van der Waals surface area contributed by atoms with Crippen LogP contribution >= 0.6 is 24.0 Å². The molecule has 1 aliphatic rings. The summed E-state index contributed by atoms with van der Waals surface area (Å²) in [6, 6.07) is 6.28. The molecular formula is C17H25F3IN3O3S. The molecule has 6 nitrogen and oxygen atoms in total. The third kappa shape index (κ3) is 6.68. The number of aliphatic imine (C=N–C) groups is 1. The fraction of sp³-hybridized carbons (Fsp3) is 0.588. The molecule has 1 aromatic carbocycles. The largest absolute Gasteiger partial charge is 0.484 e. The number of halogens is 4. The van der Waals surface area contributed by atoms with Crippen LogP contribution in [0, 0.1) is 0 Å². The lowest BCUT2D eigenvalue weighted by Gasteiger charge is -2.39. The summed E-state index contributed by atoms with van der Waals surface area (Å²) in [5.41, 5.74) is 0.833. The minimum absolute atomic E-state index is 0. The van der Waals surface area contributed by atoms with Crippen LogP contribution in [0.2, 0.25) is 0 Å². The van der Waals surface area contributed by atoms with E-state index in [0.717, 1.165) is 5.56 Å². The van der Waals surface area contributed by atoms with Crippen LogP contribution in [0.1, 0.15) is 19.4 Å². The first-order chi connectivity index (χ1) is 12.4. The zero-order valence-electron chi connectivity index (χ0n) is 15.9. The molecule has 2 rings (SSSR count). The van der Waals surface area contributed by atoms with Crippen molar-refractivity contribution < 1.29 is 26.3 Å². The second kappa shape index (κ2) is 9.51. The lowest BCUT2D eigenvalue weighted by atomic mass is 10.2. The molecule has 0 aromatic heterocycles. The topological polar surface area (TPSA) is 71.0 Å². The van der Waals surface area contributed by atoms with Gasteiger partial charge in [-0.05, 0) is 31.5 Å². The summed E-state index contributed by atoms with van der Waals surface area (Å²) in [4.78, 5) is 6.09. The van der Waals surface area contributed by atoms with E-state index in [9.17, 15) is 21.6 Å². The smallest absolute Gasteiger partial charge is 0.422 e. The highest BCUT2D eigenvalue weighted by atomic mass is 127. The second-order valence-electron chi connectivity index (χ2n) is 6.95. The zero-order valence-corrected chi connectivity index (χ0v) is 19.1. The van der Waals surface area contributed by atoms with Gasteiger partial charge < -0.3 is 15.0 Å². The maximum Gasteiger partial charge on any atom is 0.422 e. The van der Waals surface area contributed by atoms with Crippen molar-refractivity contribution in [1.82, 2.24) is 10.2 Å². The van der Waals surface area contributed by atoms with Gasteiger partial charge in [0.05, 0.1) is 10.5 Å². The Kier molecular flexibility index (Phi) is 8.42. The first-order valence-electron chi connectivity index (χ1n) is 8.40. The van der Waals surface area contributed by atoms with E-state index in [4.69, 9.17) is 0 Å². The molecule has 1 saturated heterocycles. The Labute approximate surface area is 180 Å². The van der Waals surface area contributed by atoms with Gasteiger partial charge in [-0.1, -0.05) is 12.1 Å². The Morgan fingerprint density at radius 2 is 1.89 bits per heavy atom. The highest BCUT2D eigenvalue weighted by Gasteiger charge is 2.40. The average molecular weight is 535 g/mol. The molecule has 1 aromatic rings. The van der Waals surface area contributed by atoms with Crippen LogP contribution in [0.5, 0.6) is 5.75 Å². The first-order valence-corrected chi connectivity index (χ1v) is 10.1. The van der Waals surface area contributed by atoms with Gasteiger partial charge in [-0.15, -0.1) is 24.0 Å². The molecule has 0 spiro atoms. The quantitative estimate of drug-likeness (QED) is 0.365. The molecule has 28 heavy (non-hydrogen) atoms. The Bertz CT molecular complexity index is 781. The number of benzene rings is 1. The van der Waals surface area contributed by atoms with Crippen molar-refractivity contribution in [1.29, 1.82) is 0 Å². The summed E-state index contributed by atoms with van der Waals surface area (Å²) in [6.45, 7) is 3.15. The maximum absolute atomic E-state index is 12.2. The van der Waals surface area contributed by atoms with Gasteiger partial charge >= 0.3 is 6.18 Å². The van der Waals surface area contributed by atoms with Crippen LogP contribution in [-0.4, -0.2) is 62.7 Å². The van der Waals surface area contributed by atoms with E-state index in [2.05, 4.69) is 15.0 Å². The highest BCUT2D eigenvalue weighted by molar-refractivity contribution is 14.0. The standard InChI is InChI=1S/C17H24F3N3O3S.HI/c1-16(2)11-23(8-9-27(16,24)25)15(21-3)22-10-13-4-6-14(7-5-13)26-12-17(18,19)20;/h4-7H,8-12H2,1-3H3,(H,21,22);1H. The van der Waals surface area contributed by atoms with E-state index >= 15 is 0 Å². The average Bonchev–Trinajstić information content (AvgIpc) is 2.57. The number of alkyl halides is 3. The molecule has 0 aliphatic carbocycles. The van der Waals surface area contributed by atoms with Gasteiger partial charge in [-0.2, -0.15) is 13.2 Å². The number of sulfone groups is 1. The van der Waals surface area contributed by atoms with Gasteiger partial charge in [0.15, 0.2) is 22.4 Å². The third-order valence-electron chi connectivity index (χ3n) is 4.33. The molecule has 0 saturated carbocycles. The van der Waals surface area contributed by atoms with Crippen molar-refractivity contribution in [2.75, 3.05) is 32.5 Å². The molecule has 0 radical (unpaired) electrons. The highest BCUT2D eigenvalue weighted by Crippen LogP contribution is 2.24. The lowest BCUT2D eigenvalue weighted by Crippen LogP contribution is -2.57. The summed E-state index contributed by atoms with van der Waals surface area (Å²) in [5, 5.41) is 3.16. The van der Waals surface area contributed by atoms with Crippen LogP contribution in [0.15, 0.2) is 29.3 Å². The minimum Gasteiger partial charge on any atom is -0.484 e. The van der Waals surface area contributed by atoms with Crippen molar-refractivity contribution in [3.8, 4) is 5.75 Å². The Morgan fingerprint density at radius 3 is 2.39 bits per heavy atom. The molecule has 1 aliphatic heterocycles. The van der Waals surface area contributed by atoms with Gasteiger partial charge in [0.25, 0.3) is 0 Å². The Hall–Kier alpha value is -1.24. The number of rotatable bonds is 4. The van der Waals surface area contributed by atoms with Gasteiger partial charge in [0.2, 0.25) is 0 Å². The van der Waals surface area contributed by atoms with E-state index in [1.54, 1.807) is 33.0 Å². The second-order valence-corrected chi connectivity index (χ2v) is 9.69. The molecule has 1 heterocycles. The van der Waals surface area contributed by atoms with Crippen LogP contribution in [0.3, 0.4) is 0 Å². The third-order valence-corrected chi connectivity index (χ3v) is 6.86. The summed E-state index contributed by atoms with van der Waals surface area (Å²) < 4.78 is 64.5. The molecular weight excluding hydrogens is 510 g/mol. The predicted octanol–water partition coefficient (Wildman–Crippen LogP) is 2.83. The lowest BCUT2D eigenvalue weighted by molar-refractivity contribution is -0.153. The number of guanidine groups is 1. The number of nitrogens with zero attached hydrogens (tertiary/aromatic N) is 2. The summed E-state index contributed by atoms with van der Waals surface area (Å²) in [6.07, 6.45) is -4.37. The SMILES string of the molecule is CN=C(NCc1ccc(OCC(F)(F)F)cc1)N1CCS(=O)(=O)C(C)(C)C1.I. The number of ether oxygens (including phenoxy) is 1. The zero-order chi connectivity index (χ0) is 20.3. The number of hydrogen-bond donors (Lipinski definition) is 1. The summed E-state index contributed by atoms with van der Waals surface area (Å²) in [7, 11) is -1.52. The van der Waals surface area contributed by atoms with Crippen LogP contribution in [0.4, 0.5) is 13.2 Å². The molecule has 160 valence electrons. The van der Waals surface area contributed by atoms with Crippen LogP contribution in [-0.2, 0) is 16.4 Å². The van der Waals surface area contributed by atoms with Crippen molar-refractivity contribution in [2.24, 2.45) is 4.99 Å². The van der Waals surface area contributed by atoms with Crippen molar-refractivity contribution >= 4 is 39.8 Å². The minimum atomic E-state index is -4.37. The van der Waals surface area contributed by atoms with E-state index in [0.29, 0.717) is 25.6 Å². The molecule has 1 N–H and O–H groups in total. The van der Waals surface area contributed by atoms with Crippen molar-refractivity contribution in [2.45, 2.75) is 31.3 Å². The molecule has 0 bridgehead atoms. The van der Waals surface area contributed by atoms with Gasteiger partial charge in [-0.25, -0.2) is 8.42 Å². The van der Waals surface area contributed by atoms with Gasteiger partial charge in [0.1, 0.15) is 5.75 Å². The summed E-state index contributed by atoms with van der Waals surface area (Å²) >= 11 is 0. The molecule has 11 heteroatoms. The molecule has 0 amide bonds.